The summed E-state index contributed by atoms with van der Waals surface area (Å²) in [5, 5.41) is 13.1. The molecule has 3 unspecified atom stereocenters. The fourth-order valence-corrected chi connectivity index (χ4v) is 2.22. The average Bonchev–Trinajstić information content (AvgIpc) is 2.49. The number of aliphatic hydroxyl groups excluding tert-OH is 1. The largest absolute Gasteiger partial charge is 0.396 e. The summed E-state index contributed by atoms with van der Waals surface area (Å²) >= 11 is 0. The summed E-state index contributed by atoms with van der Waals surface area (Å²) in [7, 11) is 0. The molecule has 0 saturated heterocycles. The Morgan fingerprint density at radius 2 is 2.07 bits per heavy atom. The molecule has 2 nitrogen and oxygen atoms in total. The van der Waals surface area contributed by atoms with E-state index in [2.05, 4.69) is 33.0 Å². The van der Waals surface area contributed by atoms with Crippen molar-refractivity contribution in [2.75, 3.05) is 6.61 Å². The first-order valence-electron chi connectivity index (χ1n) is 5.86. The quantitative estimate of drug-likeness (QED) is 0.727. The summed E-state index contributed by atoms with van der Waals surface area (Å²) < 4.78 is 0. The van der Waals surface area contributed by atoms with Crippen LogP contribution in [0.15, 0.2) is 0 Å². The molecule has 1 saturated carbocycles. The Kier molecular flexibility index (Phi) is 3.96. The third-order valence-corrected chi connectivity index (χ3v) is 3.91. The molecule has 0 bridgehead atoms. The minimum absolute atomic E-state index is 0.114. The van der Waals surface area contributed by atoms with Crippen LogP contribution in [0.4, 0.5) is 0 Å². The first-order chi connectivity index (χ1) is 6.49. The third kappa shape index (κ3) is 2.48. The first kappa shape index (κ1) is 12.0. The maximum Gasteiger partial charge on any atom is 0.0499 e. The SMILES string of the molecule is CC(C)C(C)NC1CCCC1(C)CO. The van der Waals surface area contributed by atoms with Gasteiger partial charge in [0, 0.05) is 24.1 Å². The van der Waals surface area contributed by atoms with Crippen LogP contribution < -0.4 is 5.32 Å². The van der Waals surface area contributed by atoms with E-state index in [1.54, 1.807) is 0 Å². The molecule has 0 heterocycles. The smallest absolute Gasteiger partial charge is 0.0499 e. The van der Waals surface area contributed by atoms with E-state index in [0.717, 1.165) is 6.42 Å². The van der Waals surface area contributed by atoms with Gasteiger partial charge >= 0.3 is 0 Å². The van der Waals surface area contributed by atoms with Gasteiger partial charge in [-0.2, -0.15) is 0 Å². The Labute approximate surface area is 88.1 Å². The van der Waals surface area contributed by atoms with Gasteiger partial charge in [0.1, 0.15) is 0 Å². The predicted molar refractivity (Wildman–Crippen MR) is 60.3 cm³/mol. The van der Waals surface area contributed by atoms with E-state index in [1.165, 1.54) is 12.8 Å². The highest BCUT2D eigenvalue weighted by Gasteiger charge is 2.38. The van der Waals surface area contributed by atoms with Crippen LogP contribution in [0, 0.1) is 11.3 Å². The average molecular weight is 199 g/mol. The van der Waals surface area contributed by atoms with Crippen LogP contribution in [-0.2, 0) is 0 Å². The lowest BCUT2D eigenvalue weighted by Gasteiger charge is -2.33. The summed E-state index contributed by atoms with van der Waals surface area (Å²) in [6, 6.07) is 1.05. The Balaban J connectivity index is 2.51. The van der Waals surface area contributed by atoms with Crippen LogP contribution in [0.1, 0.15) is 47.0 Å². The van der Waals surface area contributed by atoms with Crippen molar-refractivity contribution in [3.63, 3.8) is 0 Å². The molecule has 1 aliphatic rings. The lowest BCUT2D eigenvalue weighted by molar-refractivity contribution is 0.111. The monoisotopic (exact) mass is 199 g/mol. The topological polar surface area (TPSA) is 32.3 Å². The van der Waals surface area contributed by atoms with Gasteiger partial charge in [-0.25, -0.2) is 0 Å². The minimum Gasteiger partial charge on any atom is -0.396 e. The van der Waals surface area contributed by atoms with Crippen molar-refractivity contribution >= 4 is 0 Å². The number of hydrogen-bond acceptors (Lipinski definition) is 2. The van der Waals surface area contributed by atoms with Crippen LogP contribution in [0.5, 0.6) is 0 Å². The van der Waals surface area contributed by atoms with Crippen LogP contribution in [0.25, 0.3) is 0 Å². The Bertz CT molecular complexity index is 181. The zero-order valence-corrected chi connectivity index (χ0v) is 10.0. The van der Waals surface area contributed by atoms with Gasteiger partial charge < -0.3 is 10.4 Å². The van der Waals surface area contributed by atoms with Crippen molar-refractivity contribution in [3.8, 4) is 0 Å². The summed E-state index contributed by atoms with van der Waals surface area (Å²) in [6.45, 7) is 9.23. The van der Waals surface area contributed by atoms with Gasteiger partial charge in [-0.15, -0.1) is 0 Å². The van der Waals surface area contributed by atoms with Crippen molar-refractivity contribution in [2.24, 2.45) is 11.3 Å². The predicted octanol–water partition coefficient (Wildman–Crippen LogP) is 2.17. The van der Waals surface area contributed by atoms with Crippen molar-refractivity contribution in [1.82, 2.24) is 5.32 Å². The van der Waals surface area contributed by atoms with E-state index >= 15 is 0 Å². The van der Waals surface area contributed by atoms with E-state index < -0.39 is 0 Å². The molecular weight excluding hydrogens is 174 g/mol. The second kappa shape index (κ2) is 4.63. The second-order valence-electron chi connectivity index (χ2n) is 5.46. The molecule has 0 spiro atoms. The highest BCUT2D eigenvalue weighted by Crippen LogP contribution is 2.37. The second-order valence-corrected chi connectivity index (χ2v) is 5.46. The van der Waals surface area contributed by atoms with E-state index in [1.807, 2.05) is 0 Å². The fourth-order valence-electron chi connectivity index (χ4n) is 2.22. The van der Waals surface area contributed by atoms with Crippen molar-refractivity contribution in [1.29, 1.82) is 0 Å². The fraction of sp³-hybridized carbons (Fsp3) is 1.00. The van der Waals surface area contributed by atoms with Gasteiger partial charge in [-0.3, -0.25) is 0 Å². The molecule has 0 aromatic heterocycles. The van der Waals surface area contributed by atoms with Crippen LogP contribution >= 0.6 is 0 Å². The maximum absolute atomic E-state index is 9.41. The molecule has 1 fully saturated rings. The maximum atomic E-state index is 9.41. The molecule has 0 aromatic rings. The first-order valence-corrected chi connectivity index (χ1v) is 5.86. The van der Waals surface area contributed by atoms with Crippen molar-refractivity contribution in [3.05, 3.63) is 0 Å². The van der Waals surface area contributed by atoms with Gasteiger partial charge in [0.2, 0.25) is 0 Å². The van der Waals surface area contributed by atoms with Gasteiger partial charge in [0.05, 0.1) is 0 Å². The molecule has 0 aliphatic heterocycles. The van der Waals surface area contributed by atoms with E-state index in [9.17, 15) is 5.11 Å². The summed E-state index contributed by atoms with van der Waals surface area (Å²) in [6.07, 6.45) is 3.62. The van der Waals surface area contributed by atoms with Gasteiger partial charge in [0.15, 0.2) is 0 Å². The normalized spacial score (nSPS) is 35.1. The van der Waals surface area contributed by atoms with Gasteiger partial charge in [-0.05, 0) is 25.7 Å². The number of hydrogen-bond donors (Lipinski definition) is 2. The summed E-state index contributed by atoms with van der Waals surface area (Å²) in [5.41, 5.74) is 0.114. The Hall–Kier alpha value is -0.0800. The van der Waals surface area contributed by atoms with Crippen LogP contribution in [0.3, 0.4) is 0 Å². The molecule has 14 heavy (non-hydrogen) atoms. The Morgan fingerprint density at radius 1 is 1.43 bits per heavy atom. The summed E-state index contributed by atoms with van der Waals surface area (Å²) in [4.78, 5) is 0. The Morgan fingerprint density at radius 3 is 2.57 bits per heavy atom. The van der Waals surface area contributed by atoms with Gasteiger partial charge in [0.25, 0.3) is 0 Å². The third-order valence-electron chi connectivity index (χ3n) is 3.91. The molecule has 3 atom stereocenters. The van der Waals surface area contributed by atoms with Crippen molar-refractivity contribution < 1.29 is 5.11 Å². The molecule has 1 rings (SSSR count). The van der Waals surface area contributed by atoms with E-state index in [4.69, 9.17) is 0 Å². The molecule has 0 amide bonds. The minimum atomic E-state index is 0.114. The highest BCUT2D eigenvalue weighted by molar-refractivity contribution is 4.94. The van der Waals surface area contributed by atoms with Crippen molar-refractivity contribution in [2.45, 2.75) is 59.0 Å². The van der Waals surface area contributed by atoms with E-state index in [0.29, 0.717) is 24.6 Å². The number of aliphatic hydroxyl groups is 1. The number of nitrogens with one attached hydrogen (secondary N) is 1. The lowest BCUT2D eigenvalue weighted by Crippen LogP contribution is -2.47. The molecule has 0 aromatic carbocycles. The number of rotatable bonds is 4. The zero-order chi connectivity index (χ0) is 10.8. The molecular formula is C12H25NO. The molecule has 2 N–H and O–H groups in total. The highest BCUT2D eigenvalue weighted by atomic mass is 16.3. The lowest BCUT2D eigenvalue weighted by atomic mass is 9.85. The van der Waals surface area contributed by atoms with Crippen LogP contribution in [0.2, 0.25) is 0 Å². The molecule has 2 heteroatoms. The van der Waals surface area contributed by atoms with E-state index in [-0.39, 0.29) is 5.41 Å². The summed E-state index contributed by atoms with van der Waals surface area (Å²) in [5.74, 6) is 0.665. The standard InChI is InChI=1S/C12H25NO/c1-9(2)10(3)13-11-6-5-7-12(11,4)8-14/h9-11,13-14H,5-8H2,1-4H3. The van der Waals surface area contributed by atoms with Crippen LogP contribution in [-0.4, -0.2) is 23.8 Å². The molecule has 1 aliphatic carbocycles. The molecule has 0 radical (unpaired) electrons. The van der Waals surface area contributed by atoms with Gasteiger partial charge in [-0.1, -0.05) is 27.2 Å². The molecule has 84 valence electrons. The zero-order valence-electron chi connectivity index (χ0n) is 10.0.